The van der Waals surface area contributed by atoms with Gasteiger partial charge in [0.05, 0.1) is 0 Å². The largest absolute Gasteiger partial charge is 0.317 e. The van der Waals surface area contributed by atoms with Crippen LogP contribution in [0.25, 0.3) is 0 Å². The van der Waals surface area contributed by atoms with Crippen molar-refractivity contribution < 1.29 is 0 Å². The molecule has 1 aromatic heterocycles. The van der Waals surface area contributed by atoms with Crippen LogP contribution in [-0.4, -0.2) is 18.1 Å². The van der Waals surface area contributed by atoms with Gasteiger partial charge in [0.2, 0.25) is 0 Å². The molecule has 18 heavy (non-hydrogen) atoms. The monoisotopic (exact) mass is 284 g/mol. The van der Waals surface area contributed by atoms with Gasteiger partial charge in [0.1, 0.15) is 0 Å². The van der Waals surface area contributed by atoms with Gasteiger partial charge in [-0.15, -0.1) is 24.8 Å². The predicted molar refractivity (Wildman–Crippen MR) is 78.3 cm³/mol. The molecule has 4 heteroatoms. The summed E-state index contributed by atoms with van der Waals surface area (Å²) < 4.78 is 0. The molecular weight excluding hydrogens is 267 g/mol. The minimum Gasteiger partial charge on any atom is -0.317 e. The summed E-state index contributed by atoms with van der Waals surface area (Å²) in [5.41, 5.74) is 1.61. The first-order chi connectivity index (χ1) is 7.89. The van der Waals surface area contributed by atoms with Crippen LogP contribution in [0.1, 0.15) is 24.8 Å². The van der Waals surface area contributed by atoms with Gasteiger partial charge in [-0.2, -0.15) is 0 Å². The molecule has 1 aliphatic carbocycles. The van der Waals surface area contributed by atoms with E-state index in [0.29, 0.717) is 11.3 Å². The number of rotatable bonds is 0. The fraction of sp³-hybridized carbons (Fsp3) is 0.500. The molecule has 0 aromatic carbocycles. The molecule has 1 atom stereocenters. The van der Waals surface area contributed by atoms with Crippen molar-refractivity contribution in [1.82, 2.24) is 10.3 Å². The van der Waals surface area contributed by atoms with Crippen molar-refractivity contribution >= 4 is 24.8 Å². The van der Waals surface area contributed by atoms with Crippen molar-refractivity contribution in [2.24, 2.45) is 11.3 Å². The Kier molecular flexibility index (Phi) is 5.47. The summed E-state index contributed by atoms with van der Waals surface area (Å²) in [4.78, 5) is 4.07. The van der Waals surface area contributed by atoms with Crippen molar-refractivity contribution in [3.05, 3.63) is 30.1 Å². The van der Waals surface area contributed by atoms with Crippen molar-refractivity contribution in [3.63, 3.8) is 0 Å². The maximum absolute atomic E-state index is 4.07. The summed E-state index contributed by atoms with van der Waals surface area (Å²) in [6, 6.07) is 3.97. The second kappa shape index (κ2) is 6.43. The molecular formula is C14H18Cl2N2. The molecule has 1 aliphatic heterocycles. The maximum Gasteiger partial charge on any atom is 0.0428 e. The highest BCUT2D eigenvalue weighted by molar-refractivity contribution is 5.85. The van der Waals surface area contributed by atoms with E-state index in [1.54, 1.807) is 6.20 Å². The van der Waals surface area contributed by atoms with Crippen LogP contribution in [0.3, 0.4) is 0 Å². The third-order valence-corrected chi connectivity index (χ3v) is 3.84. The highest BCUT2D eigenvalue weighted by Crippen LogP contribution is 2.58. The molecule has 1 N–H and O–H groups in total. The highest BCUT2D eigenvalue weighted by Gasteiger charge is 2.52. The van der Waals surface area contributed by atoms with E-state index in [9.17, 15) is 0 Å². The molecule has 2 nitrogen and oxygen atoms in total. The molecule has 0 amide bonds. The Morgan fingerprint density at radius 3 is 2.72 bits per heavy atom. The van der Waals surface area contributed by atoms with Gasteiger partial charge < -0.3 is 5.32 Å². The van der Waals surface area contributed by atoms with E-state index in [2.05, 4.69) is 22.1 Å². The van der Waals surface area contributed by atoms with Gasteiger partial charge in [0, 0.05) is 23.9 Å². The molecule has 1 unspecified atom stereocenters. The highest BCUT2D eigenvalue weighted by atomic mass is 35.5. The molecule has 1 aromatic rings. The molecule has 2 fully saturated rings. The summed E-state index contributed by atoms with van der Waals surface area (Å²) in [7, 11) is 0. The molecule has 0 bridgehead atoms. The first kappa shape index (κ1) is 15.3. The van der Waals surface area contributed by atoms with E-state index in [0.717, 1.165) is 5.56 Å². The lowest BCUT2D eigenvalue weighted by atomic mass is 9.92. The topological polar surface area (TPSA) is 24.9 Å². The average Bonchev–Trinajstić information content (AvgIpc) is 3.01. The lowest BCUT2D eigenvalue weighted by molar-refractivity contribution is 0.339. The molecule has 1 spiro atoms. The zero-order valence-corrected chi connectivity index (χ0v) is 11.8. The van der Waals surface area contributed by atoms with Gasteiger partial charge in [0.25, 0.3) is 0 Å². The smallest absolute Gasteiger partial charge is 0.0428 e. The Balaban J connectivity index is 0.000000810. The second-order valence-corrected chi connectivity index (χ2v) is 4.88. The molecule has 2 heterocycles. The van der Waals surface area contributed by atoms with Crippen LogP contribution >= 0.6 is 24.8 Å². The van der Waals surface area contributed by atoms with Gasteiger partial charge in [-0.1, -0.05) is 11.8 Å². The van der Waals surface area contributed by atoms with Gasteiger partial charge in [-0.3, -0.25) is 4.98 Å². The number of aromatic nitrogens is 1. The summed E-state index contributed by atoms with van der Waals surface area (Å²) in [6.45, 7) is 2.34. The normalized spacial score (nSPS) is 23.0. The van der Waals surface area contributed by atoms with Crippen LogP contribution in [0.15, 0.2) is 24.5 Å². The van der Waals surface area contributed by atoms with Gasteiger partial charge in [-0.25, -0.2) is 0 Å². The minimum absolute atomic E-state index is 0. The number of halogens is 2. The van der Waals surface area contributed by atoms with Crippen LogP contribution in [0.2, 0.25) is 0 Å². The van der Waals surface area contributed by atoms with Crippen molar-refractivity contribution in [2.75, 3.05) is 13.1 Å². The van der Waals surface area contributed by atoms with E-state index < -0.39 is 0 Å². The zero-order valence-electron chi connectivity index (χ0n) is 10.2. The molecule has 1 saturated carbocycles. The second-order valence-electron chi connectivity index (χ2n) is 4.88. The van der Waals surface area contributed by atoms with Gasteiger partial charge >= 0.3 is 0 Å². The Morgan fingerprint density at radius 1 is 1.28 bits per heavy atom. The first-order valence-corrected chi connectivity index (χ1v) is 6.01. The summed E-state index contributed by atoms with van der Waals surface area (Å²) >= 11 is 0. The zero-order chi connectivity index (χ0) is 10.8. The Labute approximate surface area is 121 Å². The van der Waals surface area contributed by atoms with E-state index >= 15 is 0 Å². The minimum atomic E-state index is 0. The quantitative estimate of drug-likeness (QED) is 0.741. The third-order valence-electron chi connectivity index (χ3n) is 3.84. The number of hydrogen-bond donors (Lipinski definition) is 1. The maximum atomic E-state index is 4.07. The SMILES string of the molecule is C(#CC1CC12CCNCC2)c1cccnc1.Cl.Cl. The third kappa shape index (κ3) is 3.17. The Morgan fingerprint density at radius 2 is 2.06 bits per heavy atom. The lowest BCUT2D eigenvalue weighted by Crippen LogP contribution is -2.29. The van der Waals surface area contributed by atoms with Crippen molar-refractivity contribution in [2.45, 2.75) is 19.3 Å². The predicted octanol–water partition coefficient (Wildman–Crippen LogP) is 2.67. The van der Waals surface area contributed by atoms with Crippen molar-refractivity contribution in [3.8, 4) is 11.8 Å². The fourth-order valence-electron chi connectivity index (χ4n) is 2.64. The van der Waals surface area contributed by atoms with E-state index in [1.165, 1.54) is 32.4 Å². The van der Waals surface area contributed by atoms with E-state index in [4.69, 9.17) is 0 Å². The molecule has 0 radical (unpaired) electrons. The van der Waals surface area contributed by atoms with Gasteiger partial charge in [-0.05, 0) is 49.9 Å². The average molecular weight is 285 g/mol. The van der Waals surface area contributed by atoms with E-state index in [-0.39, 0.29) is 24.8 Å². The van der Waals surface area contributed by atoms with Crippen LogP contribution in [0.4, 0.5) is 0 Å². The Bertz CT molecular complexity index is 430. The number of pyridine rings is 1. The molecule has 1 saturated heterocycles. The lowest BCUT2D eigenvalue weighted by Gasteiger charge is -2.22. The number of piperidine rings is 1. The number of hydrogen-bond acceptors (Lipinski definition) is 2. The molecule has 3 rings (SSSR count). The number of nitrogens with one attached hydrogen (secondary N) is 1. The van der Waals surface area contributed by atoms with Crippen LogP contribution in [0.5, 0.6) is 0 Å². The van der Waals surface area contributed by atoms with E-state index in [1.807, 2.05) is 18.3 Å². The standard InChI is InChI=1S/C14H16N2.2ClH/c1-2-12(11-16-7-1)3-4-13-10-14(13)5-8-15-9-6-14;;/h1-2,7,11,13,15H,5-6,8-10H2;2*1H. The fourth-order valence-corrected chi connectivity index (χ4v) is 2.64. The summed E-state index contributed by atoms with van der Waals surface area (Å²) in [5.74, 6) is 7.29. The summed E-state index contributed by atoms with van der Waals surface area (Å²) in [5, 5.41) is 3.42. The molecule has 98 valence electrons. The van der Waals surface area contributed by atoms with Crippen LogP contribution in [0, 0.1) is 23.2 Å². The van der Waals surface area contributed by atoms with Crippen LogP contribution < -0.4 is 5.32 Å². The summed E-state index contributed by atoms with van der Waals surface area (Å²) in [6.07, 6.45) is 7.54. The molecule has 2 aliphatic rings. The Hall–Kier alpha value is -0.750. The first-order valence-electron chi connectivity index (χ1n) is 6.01. The van der Waals surface area contributed by atoms with Crippen LogP contribution in [-0.2, 0) is 0 Å². The number of nitrogens with zero attached hydrogens (tertiary/aromatic N) is 1. The van der Waals surface area contributed by atoms with Crippen molar-refractivity contribution in [1.29, 1.82) is 0 Å². The van der Waals surface area contributed by atoms with Gasteiger partial charge in [0.15, 0.2) is 0 Å².